The minimum absolute atomic E-state index is 0.0813. The van der Waals surface area contributed by atoms with Gasteiger partial charge >= 0.3 is 0 Å². The Morgan fingerprint density at radius 1 is 1.56 bits per heavy atom. The summed E-state index contributed by atoms with van der Waals surface area (Å²) in [5.41, 5.74) is 0. The zero-order chi connectivity index (χ0) is 6.69. The lowest BCUT2D eigenvalue weighted by atomic mass is 10.3. The summed E-state index contributed by atoms with van der Waals surface area (Å²) in [6.45, 7) is 2.51. The van der Waals surface area contributed by atoms with E-state index in [1.165, 1.54) is 0 Å². The van der Waals surface area contributed by atoms with E-state index in [1.54, 1.807) is 0 Å². The highest BCUT2D eigenvalue weighted by atomic mass is 32.1. The predicted molar refractivity (Wildman–Crippen MR) is 38.7 cm³/mol. The maximum absolute atomic E-state index is 10.6. The van der Waals surface area contributed by atoms with Crippen molar-refractivity contribution in [1.82, 2.24) is 10.6 Å². The van der Waals surface area contributed by atoms with Gasteiger partial charge in [0.2, 0.25) is 5.12 Å². The average molecular weight is 146 g/mol. The van der Waals surface area contributed by atoms with Crippen LogP contribution in [0.5, 0.6) is 0 Å². The molecule has 1 aliphatic heterocycles. The normalized spacial score (nSPS) is 27.9. The van der Waals surface area contributed by atoms with Gasteiger partial charge in [0.25, 0.3) is 0 Å². The molecule has 0 amide bonds. The van der Waals surface area contributed by atoms with Crippen molar-refractivity contribution in [3.63, 3.8) is 0 Å². The molecule has 0 saturated carbocycles. The van der Waals surface area contributed by atoms with Gasteiger partial charge in [-0.05, 0) is 0 Å². The lowest BCUT2D eigenvalue weighted by Gasteiger charge is -2.20. The Morgan fingerprint density at radius 3 is 2.67 bits per heavy atom. The van der Waals surface area contributed by atoms with E-state index in [-0.39, 0.29) is 11.2 Å². The van der Waals surface area contributed by atoms with E-state index in [2.05, 4.69) is 23.3 Å². The third-order valence-electron chi connectivity index (χ3n) is 1.34. The SMILES string of the molecule is O=C(S)C1CNCCN1. The summed E-state index contributed by atoms with van der Waals surface area (Å²) < 4.78 is 0. The molecule has 0 aromatic carbocycles. The molecule has 1 unspecified atom stereocenters. The van der Waals surface area contributed by atoms with Crippen LogP contribution in [-0.4, -0.2) is 30.8 Å². The van der Waals surface area contributed by atoms with E-state index in [4.69, 9.17) is 0 Å². The summed E-state index contributed by atoms with van der Waals surface area (Å²) in [4.78, 5) is 10.6. The molecule has 1 aliphatic rings. The van der Waals surface area contributed by atoms with Gasteiger partial charge in [-0.3, -0.25) is 4.79 Å². The average Bonchev–Trinajstić information content (AvgIpc) is 1.90. The van der Waals surface area contributed by atoms with E-state index in [0.29, 0.717) is 6.54 Å². The molecule has 1 saturated heterocycles. The van der Waals surface area contributed by atoms with Crippen molar-refractivity contribution in [3.8, 4) is 0 Å². The summed E-state index contributed by atoms with van der Waals surface area (Å²) in [5.74, 6) is 0. The van der Waals surface area contributed by atoms with Gasteiger partial charge in [-0.25, -0.2) is 0 Å². The molecule has 1 atom stereocenters. The number of piperazine rings is 1. The fraction of sp³-hybridized carbons (Fsp3) is 0.800. The number of carbonyl (C=O) groups excluding carboxylic acids is 1. The van der Waals surface area contributed by atoms with Crippen LogP contribution in [-0.2, 0) is 4.79 Å². The highest BCUT2D eigenvalue weighted by Gasteiger charge is 2.15. The number of rotatable bonds is 1. The number of hydrogen-bond donors (Lipinski definition) is 3. The quantitative estimate of drug-likeness (QED) is 0.416. The van der Waals surface area contributed by atoms with Crippen LogP contribution in [0.3, 0.4) is 0 Å². The monoisotopic (exact) mass is 146 g/mol. The number of thiol groups is 1. The van der Waals surface area contributed by atoms with Crippen LogP contribution in [0.15, 0.2) is 0 Å². The molecule has 0 radical (unpaired) electrons. The first-order valence-corrected chi connectivity index (χ1v) is 3.42. The first kappa shape index (κ1) is 7.05. The van der Waals surface area contributed by atoms with Gasteiger partial charge in [-0.2, -0.15) is 0 Å². The minimum atomic E-state index is -0.0814. The molecular formula is C5H10N2OS. The van der Waals surface area contributed by atoms with Crippen molar-refractivity contribution < 1.29 is 4.79 Å². The molecule has 2 N–H and O–H groups in total. The number of hydrogen-bond acceptors (Lipinski definition) is 3. The summed E-state index contributed by atoms with van der Waals surface area (Å²) in [6.07, 6.45) is 0. The molecule has 52 valence electrons. The molecule has 3 nitrogen and oxygen atoms in total. The molecule has 4 heteroatoms. The molecule has 0 aromatic heterocycles. The van der Waals surface area contributed by atoms with E-state index in [0.717, 1.165) is 13.1 Å². The molecule has 0 aromatic rings. The van der Waals surface area contributed by atoms with Crippen LogP contribution in [0.1, 0.15) is 0 Å². The van der Waals surface area contributed by atoms with E-state index >= 15 is 0 Å². The summed E-state index contributed by atoms with van der Waals surface area (Å²) >= 11 is 3.70. The summed E-state index contributed by atoms with van der Waals surface area (Å²) in [5, 5.41) is 6.03. The fourth-order valence-corrected chi connectivity index (χ4v) is 1.01. The van der Waals surface area contributed by atoms with Gasteiger partial charge in [0, 0.05) is 19.6 Å². The molecule has 0 bridgehead atoms. The Labute approximate surface area is 59.6 Å². The molecule has 9 heavy (non-hydrogen) atoms. The fourth-order valence-electron chi connectivity index (χ4n) is 0.828. The smallest absolute Gasteiger partial charge is 0.204 e. The van der Waals surface area contributed by atoms with Crippen molar-refractivity contribution in [1.29, 1.82) is 0 Å². The van der Waals surface area contributed by atoms with Crippen LogP contribution in [0, 0.1) is 0 Å². The molecular weight excluding hydrogens is 136 g/mol. The standard InChI is InChI=1S/C5H10N2OS/c8-5(9)4-3-6-1-2-7-4/h4,6-7H,1-3H2,(H,8,9). The van der Waals surface area contributed by atoms with Gasteiger partial charge < -0.3 is 10.6 Å². The molecule has 0 aliphatic carbocycles. The Morgan fingerprint density at radius 2 is 2.33 bits per heavy atom. The predicted octanol–water partition coefficient (Wildman–Crippen LogP) is -0.996. The highest BCUT2D eigenvalue weighted by molar-refractivity contribution is 7.96. The van der Waals surface area contributed by atoms with Gasteiger partial charge in [-0.15, -0.1) is 12.6 Å². The van der Waals surface area contributed by atoms with Crippen LogP contribution in [0.25, 0.3) is 0 Å². The first-order valence-electron chi connectivity index (χ1n) is 2.97. The van der Waals surface area contributed by atoms with E-state index in [9.17, 15) is 4.79 Å². The van der Waals surface area contributed by atoms with Crippen molar-refractivity contribution in [2.24, 2.45) is 0 Å². The third-order valence-corrected chi connectivity index (χ3v) is 1.65. The maximum atomic E-state index is 10.6. The van der Waals surface area contributed by atoms with E-state index < -0.39 is 0 Å². The van der Waals surface area contributed by atoms with Gasteiger partial charge in [0.05, 0.1) is 6.04 Å². The number of nitrogens with one attached hydrogen (secondary N) is 2. The van der Waals surface area contributed by atoms with Crippen molar-refractivity contribution >= 4 is 17.7 Å². The second-order valence-electron chi connectivity index (χ2n) is 2.05. The molecule has 1 rings (SSSR count). The second-order valence-corrected chi connectivity index (χ2v) is 2.49. The Balaban J connectivity index is 2.31. The summed E-state index contributed by atoms with van der Waals surface area (Å²) in [7, 11) is 0. The van der Waals surface area contributed by atoms with Crippen LogP contribution in [0.2, 0.25) is 0 Å². The van der Waals surface area contributed by atoms with Crippen LogP contribution >= 0.6 is 12.6 Å². The topological polar surface area (TPSA) is 41.1 Å². The van der Waals surface area contributed by atoms with E-state index in [1.807, 2.05) is 0 Å². The minimum Gasteiger partial charge on any atom is -0.313 e. The summed E-state index contributed by atoms with van der Waals surface area (Å²) in [6, 6.07) is -0.0814. The van der Waals surface area contributed by atoms with Crippen molar-refractivity contribution in [3.05, 3.63) is 0 Å². The van der Waals surface area contributed by atoms with Crippen molar-refractivity contribution in [2.75, 3.05) is 19.6 Å². The Bertz CT molecular complexity index is 112. The molecule has 1 heterocycles. The lowest BCUT2D eigenvalue weighted by molar-refractivity contribution is -0.112. The zero-order valence-corrected chi connectivity index (χ0v) is 5.95. The van der Waals surface area contributed by atoms with Gasteiger partial charge in [0.1, 0.15) is 0 Å². The van der Waals surface area contributed by atoms with Crippen LogP contribution in [0.4, 0.5) is 0 Å². The maximum Gasteiger partial charge on any atom is 0.204 e. The largest absolute Gasteiger partial charge is 0.313 e. The van der Waals surface area contributed by atoms with Gasteiger partial charge in [0.15, 0.2) is 0 Å². The molecule has 1 fully saturated rings. The van der Waals surface area contributed by atoms with Gasteiger partial charge in [-0.1, -0.05) is 0 Å². The third kappa shape index (κ3) is 1.97. The highest BCUT2D eigenvalue weighted by Crippen LogP contribution is 1.91. The lowest BCUT2D eigenvalue weighted by Crippen LogP contribution is -2.51. The van der Waals surface area contributed by atoms with Crippen molar-refractivity contribution in [2.45, 2.75) is 6.04 Å². The zero-order valence-electron chi connectivity index (χ0n) is 5.05. The first-order chi connectivity index (χ1) is 4.30. The second kappa shape index (κ2) is 3.20. The van der Waals surface area contributed by atoms with Crippen LogP contribution < -0.4 is 10.6 Å². The Kier molecular flexibility index (Phi) is 2.50. The number of carbonyl (C=O) groups is 1. The Hall–Kier alpha value is -0.0600. The molecule has 0 spiro atoms.